The average molecular weight is 306 g/mol. The lowest BCUT2D eigenvalue weighted by Gasteiger charge is -2.40. The number of anilines is 1. The number of aromatic nitrogens is 4. The van der Waals surface area contributed by atoms with Crippen LogP contribution >= 0.6 is 22.9 Å². The molecular formula is C13H12ClN5S. The number of fused-ring (bicyclic) bond motifs is 1. The number of halogens is 1. The van der Waals surface area contributed by atoms with Gasteiger partial charge in [-0.3, -0.25) is 4.68 Å². The van der Waals surface area contributed by atoms with E-state index in [4.69, 9.17) is 11.6 Å². The van der Waals surface area contributed by atoms with Gasteiger partial charge in [-0.2, -0.15) is 5.10 Å². The summed E-state index contributed by atoms with van der Waals surface area (Å²) in [7, 11) is 0. The third-order valence-electron chi connectivity index (χ3n) is 3.54. The van der Waals surface area contributed by atoms with Crippen LogP contribution in [0.5, 0.6) is 0 Å². The van der Waals surface area contributed by atoms with Crippen LogP contribution in [0.1, 0.15) is 0 Å². The summed E-state index contributed by atoms with van der Waals surface area (Å²) in [4.78, 5) is 12.1. The highest BCUT2D eigenvalue weighted by molar-refractivity contribution is 7.16. The van der Waals surface area contributed by atoms with Gasteiger partial charge in [0.05, 0.1) is 16.6 Å². The van der Waals surface area contributed by atoms with Crippen molar-refractivity contribution in [3.63, 3.8) is 0 Å². The summed E-state index contributed by atoms with van der Waals surface area (Å²) in [5, 5.41) is 8.12. The smallest absolute Gasteiger partial charge is 0.140 e. The highest BCUT2D eigenvalue weighted by Crippen LogP contribution is 2.31. The molecule has 5 nitrogen and oxygen atoms in total. The molecule has 1 saturated heterocycles. The molecule has 102 valence electrons. The van der Waals surface area contributed by atoms with Gasteiger partial charge in [-0.1, -0.05) is 11.6 Å². The highest BCUT2D eigenvalue weighted by Gasteiger charge is 2.29. The van der Waals surface area contributed by atoms with E-state index in [0.29, 0.717) is 10.9 Å². The van der Waals surface area contributed by atoms with Gasteiger partial charge in [-0.25, -0.2) is 9.97 Å². The predicted octanol–water partition coefficient (Wildman–Crippen LogP) is 2.68. The standard InChI is InChI=1S/C13H12ClN5S/c14-10-3-17-19(7-10)6-9-4-18(5-9)12-11-1-2-20-13(11)16-8-15-12/h1-3,7-9H,4-6H2. The molecule has 0 unspecified atom stereocenters. The molecule has 0 aliphatic carbocycles. The molecule has 0 bridgehead atoms. The highest BCUT2D eigenvalue weighted by atomic mass is 35.5. The maximum atomic E-state index is 5.87. The maximum absolute atomic E-state index is 5.87. The Bertz CT molecular complexity index is 746. The fourth-order valence-electron chi connectivity index (χ4n) is 2.59. The molecule has 0 N–H and O–H groups in total. The fraction of sp³-hybridized carbons (Fsp3) is 0.308. The van der Waals surface area contributed by atoms with Gasteiger partial charge in [0.1, 0.15) is 17.0 Å². The number of hydrogen-bond donors (Lipinski definition) is 0. The molecule has 3 aromatic heterocycles. The van der Waals surface area contributed by atoms with Crippen LogP contribution in [-0.2, 0) is 6.54 Å². The minimum Gasteiger partial charge on any atom is -0.355 e. The first-order chi connectivity index (χ1) is 9.79. The van der Waals surface area contributed by atoms with E-state index >= 15 is 0 Å². The average Bonchev–Trinajstić information content (AvgIpc) is 3.01. The molecule has 0 saturated carbocycles. The third kappa shape index (κ3) is 2.05. The first-order valence-corrected chi connectivity index (χ1v) is 7.66. The first-order valence-electron chi connectivity index (χ1n) is 6.41. The molecule has 1 aliphatic rings. The van der Waals surface area contributed by atoms with Crippen LogP contribution in [-0.4, -0.2) is 32.8 Å². The molecular weight excluding hydrogens is 294 g/mol. The van der Waals surface area contributed by atoms with Crippen molar-refractivity contribution in [2.75, 3.05) is 18.0 Å². The van der Waals surface area contributed by atoms with Crippen molar-refractivity contribution < 1.29 is 0 Å². The van der Waals surface area contributed by atoms with Gasteiger partial charge < -0.3 is 4.90 Å². The van der Waals surface area contributed by atoms with E-state index in [1.54, 1.807) is 23.9 Å². The van der Waals surface area contributed by atoms with E-state index in [9.17, 15) is 0 Å². The third-order valence-corrected chi connectivity index (χ3v) is 4.56. The molecule has 0 aromatic carbocycles. The maximum Gasteiger partial charge on any atom is 0.140 e. The van der Waals surface area contributed by atoms with E-state index in [0.717, 1.165) is 35.7 Å². The van der Waals surface area contributed by atoms with Crippen molar-refractivity contribution in [1.29, 1.82) is 0 Å². The van der Waals surface area contributed by atoms with E-state index in [1.165, 1.54) is 0 Å². The van der Waals surface area contributed by atoms with Crippen LogP contribution in [0.25, 0.3) is 10.2 Å². The van der Waals surface area contributed by atoms with Gasteiger partial charge in [0.15, 0.2) is 0 Å². The summed E-state index contributed by atoms with van der Waals surface area (Å²) in [6, 6.07) is 2.09. The van der Waals surface area contributed by atoms with Crippen LogP contribution in [0.2, 0.25) is 5.02 Å². The number of rotatable bonds is 3. The van der Waals surface area contributed by atoms with Gasteiger partial charge in [-0.15, -0.1) is 11.3 Å². The first kappa shape index (κ1) is 12.1. The number of hydrogen-bond acceptors (Lipinski definition) is 5. The minimum absolute atomic E-state index is 0.592. The van der Waals surface area contributed by atoms with Gasteiger partial charge in [-0.05, 0) is 11.4 Å². The van der Waals surface area contributed by atoms with E-state index in [1.807, 2.05) is 10.9 Å². The summed E-state index contributed by atoms with van der Waals surface area (Å²) in [6.45, 7) is 2.90. The normalized spacial score (nSPS) is 15.8. The molecule has 20 heavy (non-hydrogen) atoms. The second-order valence-electron chi connectivity index (χ2n) is 4.99. The van der Waals surface area contributed by atoms with Crippen LogP contribution in [0.15, 0.2) is 30.2 Å². The molecule has 3 aromatic rings. The van der Waals surface area contributed by atoms with Crippen LogP contribution in [0.3, 0.4) is 0 Å². The summed E-state index contributed by atoms with van der Waals surface area (Å²) in [6.07, 6.45) is 5.19. The van der Waals surface area contributed by atoms with Crippen LogP contribution < -0.4 is 4.90 Å². The Morgan fingerprint density at radius 1 is 1.35 bits per heavy atom. The van der Waals surface area contributed by atoms with Crippen molar-refractivity contribution in [2.24, 2.45) is 5.92 Å². The quantitative estimate of drug-likeness (QED) is 0.746. The summed E-state index contributed by atoms with van der Waals surface area (Å²) in [5.74, 6) is 1.64. The van der Waals surface area contributed by atoms with Gasteiger partial charge in [0.25, 0.3) is 0 Å². The molecule has 1 aliphatic heterocycles. The zero-order chi connectivity index (χ0) is 13.5. The Kier molecular flexibility index (Phi) is 2.85. The molecule has 1 fully saturated rings. The van der Waals surface area contributed by atoms with Crippen LogP contribution in [0.4, 0.5) is 5.82 Å². The van der Waals surface area contributed by atoms with Crippen molar-refractivity contribution >= 4 is 39.0 Å². The van der Waals surface area contributed by atoms with Gasteiger partial charge in [0, 0.05) is 31.7 Å². The Morgan fingerprint density at radius 3 is 3.05 bits per heavy atom. The Hall–Kier alpha value is -1.66. The molecule has 0 amide bonds. The Labute approximate surface area is 124 Å². The SMILES string of the molecule is Clc1cnn(CC2CN(c3ncnc4sccc34)C2)c1. The lowest BCUT2D eigenvalue weighted by molar-refractivity contribution is 0.341. The zero-order valence-corrected chi connectivity index (χ0v) is 12.2. The summed E-state index contributed by atoms with van der Waals surface area (Å²) >= 11 is 7.53. The molecule has 4 rings (SSSR count). The molecule has 7 heteroatoms. The Morgan fingerprint density at radius 2 is 2.25 bits per heavy atom. The monoisotopic (exact) mass is 305 g/mol. The van der Waals surface area contributed by atoms with E-state index in [2.05, 4.69) is 31.4 Å². The van der Waals surface area contributed by atoms with Crippen molar-refractivity contribution in [2.45, 2.75) is 6.54 Å². The molecule has 4 heterocycles. The number of nitrogens with zero attached hydrogens (tertiary/aromatic N) is 5. The summed E-state index contributed by atoms with van der Waals surface area (Å²) in [5.41, 5.74) is 0. The Balaban J connectivity index is 1.47. The van der Waals surface area contributed by atoms with Crippen molar-refractivity contribution in [1.82, 2.24) is 19.7 Å². The van der Waals surface area contributed by atoms with Crippen molar-refractivity contribution in [3.05, 3.63) is 35.2 Å². The van der Waals surface area contributed by atoms with E-state index in [-0.39, 0.29) is 0 Å². The molecule has 0 radical (unpaired) electrons. The zero-order valence-electron chi connectivity index (χ0n) is 10.6. The molecule has 0 atom stereocenters. The second kappa shape index (κ2) is 4.71. The predicted molar refractivity (Wildman–Crippen MR) is 80.4 cm³/mol. The van der Waals surface area contributed by atoms with Crippen LogP contribution in [0, 0.1) is 5.92 Å². The number of thiophene rings is 1. The van der Waals surface area contributed by atoms with Gasteiger partial charge >= 0.3 is 0 Å². The largest absolute Gasteiger partial charge is 0.355 e. The van der Waals surface area contributed by atoms with Gasteiger partial charge in [0.2, 0.25) is 0 Å². The minimum atomic E-state index is 0.592. The lowest BCUT2D eigenvalue weighted by Crippen LogP contribution is -2.49. The lowest BCUT2D eigenvalue weighted by atomic mass is 10.00. The summed E-state index contributed by atoms with van der Waals surface area (Å²) < 4.78 is 1.91. The van der Waals surface area contributed by atoms with E-state index < -0.39 is 0 Å². The van der Waals surface area contributed by atoms with Crippen molar-refractivity contribution in [3.8, 4) is 0 Å². The molecule has 0 spiro atoms. The topological polar surface area (TPSA) is 46.8 Å². The second-order valence-corrected chi connectivity index (χ2v) is 6.32. The fourth-order valence-corrected chi connectivity index (χ4v) is 3.47.